The number of hydrogen-bond acceptors (Lipinski definition) is 3. The lowest BCUT2D eigenvalue weighted by Crippen LogP contribution is -2.38. The fourth-order valence-electron chi connectivity index (χ4n) is 3.59. The molecule has 2 fully saturated rings. The first-order valence-corrected chi connectivity index (χ1v) is 11.2. The summed E-state index contributed by atoms with van der Waals surface area (Å²) in [5, 5.41) is 0. The Balaban J connectivity index is 0.00000261. The second-order valence-corrected chi connectivity index (χ2v) is 9.12. The van der Waals surface area contributed by atoms with Gasteiger partial charge in [-0.05, 0) is 43.4 Å². The van der Waals surface area contributed by atoms with E-state index in [9.17, 15) is 8.42 Å². The summed E-state index contributed by atoms with van der Waals surface area (Å²) in [4.78, 5) is 7.03. The molecule has 152 valence electrons. The van der Waals surface area contributed by atoms with Crippen LogP contribution in [0.3, 0.4) is 0 Å². The maximum Gasteiger partial charge on any atom is 0.243 e. The highest BCUT2D eigenvalue weighted by molar-refractivity contribution is 14.0. The largest absolute Gasteiger partial charge is 0.370 e. The van der Waals surface area contributed by atoms with Gasteiger partial charge in [-0.25, -0.2) is 13.4 Å². The van der Waals surface area contributed by atoms with Crippen LogP contribution in [0.1, 0.15) is 50.5 Å². The van der Waals surface area contributed by atoms with Crippen molar-refractivity contribution in [3.63, 3.8) is 0 Å². The van der Waals surface area contributed by atoms with Gasteiger partial charge >= 0.3 is 0 Å². The standard InChI is InChI=1S/C19H30N4O2S.HI/c20-19(22-12-4-1-2-5-13-22)21-16-17-8-10-18(11-9-17)26(24,25)23-14-6-3-7-15-23;/h8-11H,1-7,12-16H2,(H2,20,21);1H. The van der Waals surface area contributed by atoms with E-state index in [4.69, 9.17) is 5.73 Å². The minimum atomic E-state index is -3.37. The molecule has 0 aliphatic carbocycles. The number of benzene rings is 1. The normalized spacial score (nSPS) is 20.0. The summed E-state index contributed by atoms with van der Waals surface area (Å²) < 4.78 is 26.9. The van der Waals surface area contributed by atoms with E-state index in [1.165, 1.54) is 25.7 Å². The van der Waals surface area contributed by atoms with E-state index in [1.54, 1.807) is 16.4 Å². The van der Waals surface area contributed by atoms with E-state index in [1.807, 2.05) is 12.1 Å². The molecule has 0 atom stereocenters. The van der Waals surface area contributed by atoms with Crippen molar-refractivity contribution in [2.24, 2.45) is 10.7 Å². The van der Waals surface area contributed by atoms with Gasteiger partial charge in [-0.3, -0.25) is 0 Å². The van der Waals surface area contributed by atoms with Crippen LogP contribution in [-0.2, 0) is 16.6 Å². The van der Waals surface area contributed by atoms with E-state index >= 15 is 0 Å². The van der Waals surface area contributed by atoms with Crippen molar-refractivity contribution in [2.75, 3.05) is 26.2 Å². The zero-order chi connectivity index (χ0) is 18.4. The van der Waals surface area contributed by atoms with Crippen molar-refractivity contribution in [3.05, 3.63) is 29.8 Å². The zero-order valence-corrected chi connectivity index (χ0v) is 19.0. The van der Waals surface area contributed by atoms with Crippen molar-refractivity contribution in [2.45, 2.75) is 56.4 Å². The van der Waals surface area contributed by atoms with Gasteiger partial charge in [0.25, 0.3) is 0 Å². The topological polar surface area (TPSA) is 79.0 Å². The van der Waals surface area contributed by atoms with Crippen LogP contribution in [0, 0.1) is 0 Å². The lowest BCUT2D eigenvalue weighted by atomic mass is 10.2. The minimum Gasteiger partial charge on any atom is -0.370 e. The third-order valence-corrected chi connectivity index (χ3v) is 7.14. The van der Waals surface area contributed by atoms with Gasteiger partial charge in [0.15, 0.2) is 5.96 Å². The van der Waals surface area contributed by atoms with Crippen LogP contribution in [0.2, 0.25) is 0 Å². The van der Waals surface area contributed by atoms with E-state index < -0.39 is 10.0 Å². The molecule has 2 saturated heterocycles. The summed E-state index contributed by atoms with van der Waals surface area (Å²) in [7, 11) is -3.37. The Morgan fingerprint density at radius 3 is 2.00 bits per heavy atom. The predicted octanol–water partition coefficient (Wildman–Crippen LogP) is 3.17. The first-order chi connectivity index (χ1) is 12.6. The summed E-state index contributed by atoms with van der Waals surface area (Å²) >= 11 is 0. The lowest BCUT2D eigenvalue weighted by molar-refractivity contribution is 0.346. The summed E-state index contributed by atoms with van der Waals surface area (Å²) in [6.45, 7) is 3.68. The van der Waals surface area contributed by atoms with Gasteiger partial charge in [0, 0.05) is 26.2 Å². The third kappa shape index (κ3) is 6.05. The molecule has 0 unspecified atom stereocenters. The van der Waals surface area contributed by atoms with Crippen LogP contribution in [0.15, 0.2) is 34.2 Å². The number of aliphatic imine (C=N–C) groups is 1. The van der Waals surface area contributed by atoms with Crippen molar-refractivity contribution in [1.82, 2.24) is 9.21 Å². The van der Waals surface area contributed by atoms with E-state index in [-0.39, 0.29) is 24.0 Å². The number of nitrogens with two attached hydrogens (primary N) is 1. The van der Waals surface area contributed by atoms with Crippen LogP contribution in [0.5, 0.6) is 0 Å². The van der Waals surface area contributed by atoms with E-state index in [2.05, 4.69) is 9.89 Å². The maximum absolute atomic E-state index is 12.7. The molecule has 0 spiro atoms. The molecule has 27 heavy (non-hydrogen) atoms. The summed E-state index contributed by atoms with van der Waals surface area (Å²) in [5.41, 5.74) is 7.11. The highest BCUT2D eigenvalue weighted by atomic mass is 127. The van der Waals surface area contributed by atoms with Crippen molar-refractivity contribution in [1.29, 1.82) is 0 Å². The SMILES string of the molecule is I.NC(=NCc1ccc(S(=O)(=O)N2CCCCC2)cc1)N1CCCCCC1. The average molecular weight is 506 g/mol. The molecular formula is C19H31IN4O2S. The second kappa shape index (κ2) is 10.6. The molecule has 2 heterocycles. The van der Waals surface area contributed by atoms with Gasteiger partial charge in [0.2, 0.25) is 10.0 Å². The van der Waals surface area contributed by atoms with Gasteiger partial charge in [0.1, 0.15) is 0 Å². The maximum atomic E-state index is 12.7. The van der Waals surface area contributed by atoms with Crippen LogP contribution in [0.4, 0.5) is 0 Å². The van der Waals surface area contributed by atoms with Crippen molar-refractivity contribution in [3.8, 4) is 0 Å². The molecule has 1 aromatic rings. The van der Waals surface area contributed by atoms with Crippen LogP contribution in [0.25, 0.3) is 0 Å². The number of likely N-dealkylation sites (tertiary alicyclic amines) is 1. The zero-order valence-electron chi connectivity index (χ0n) is 15.8. The van der Waals surface area contributed by atoms with Crippen molar-refractivity contribution >= 4 is 40.0 Å². The number of rotatable bonds is 4. The predicted molar refractivity (Wildman–Crippen MR) is 120 cm³/mol. The fraction of sp³-hybridized carbons (Fsp3) is 0.632. The Kier molecular flexibility index (Phi) is 8.81. The molecule has 0 amide bonds. The molecule has 2 N–H and O–H groups in total. The van der Waals surface area contributed by atoms with Crippen LogP contribution >= 0.6 is 24.0 Å². The molecule has 0 aromatic heterocycles. The highest BCUT2D eigenvalue weighted by Crippen LogP contribution is 2.21. The average Bonchev–Trinajstić information content (AvgIpc) is 2.97. The fourth-order valence-corrected chi connectivity index (χ4v) is 5.11. The number of halogens is 1. The minimum absolute atomic E-state index is 0. The number of hydrogen-bond donors (Lipinski definition) is 1. The van der Waals surface area contributed by atoms with E-state index in [0.717, 1.165) is 37.9 Å². The Morgan fingerprint density at radius 2 is 1.41 bits per heavy atom. The first kappa shape index (κ1) is 22.4. The molecule has 0 radical (unpaired) electrons. The Labute approximate surface area is 180 Å². The Hall–Kier alpha value is -0.870. The molecule has 2 aliphatic rings. The molecule has 6 nitrogen and oxygen atoms in total. The van der Waals surface area contributed by atoms with E-state index in [0.29, 0.717) is 30.5 Å². The summed E-state index contributed by atoms with van der Waals surface area (Å²) in [5.74, 6) is 0.594. The Morgan fingerprint density at radius 1 is 0.889 bits per heavy atom. The molecule has 1 aromatic carbocycles. The first-order valence-electron chi connectivity index (χ1n) is 9.71. The lowest BCUT2D eigenvalue weighted by Gasteiger charge is -2.25. The molecule has 8 heteroatoms. The highest BCUT2D eigenvalue weighted by Gasteiger charge is 2.25. The molecular weight excluding hydrogens is 475 g/mol. The summed E-state index contributed by atoms with van der Waals surface area (Å²) in [6.07, 6.45) is 7.86. The monoisotopic (exact) mass is 506 g/mol. The number of guanidine groups is 1. The molecule has 3 rings (SSSR count). The third-order valence-electron chi connectivity index (χ3n) is 5.23. The van der Waals surface area contributed by atoms with Gasteiger partial charge in [-0.15, -0.1) is 24.0 Å². The van der Waals surface area contributed by atoms with Crippen LogP contribution < -0.4 is 5.73 Å². The second-order valence-electron chi connectivity index (χ2n) is 7.18. The molecule has 2 aliphatic heterocycles. The number of piperidine rings is 1. The van der Waals surface area contributed by atoms with Crippen molar-refractivity contribution < 1.29 is 8.42 Å². The van der Waals surface area contributed by atoms with Gasteiger partial charge in [-0.2, -0.15) is 4.31 Å². The molecule has 0 bridgehead atoms. The molecule has 0 saturated carbocycles. The number of sulfonamides is 1. The van der Waals surface area contributed by atoms with Gasteiger partial charge in [-0.1, -0.05) is 31.4 Å². The van der Waals surface area contributed by atoms with Gasteiger partial charge < -0.3 is 10.6 Å². The summed E-state index contributed by atoms with van der Waals surface area (Å²) in [6, 6.07) is 7.07. The van der Waals surface area contributed by atoms with Crippen LogP contribution in [-0.4, -0.2) is 49.8 Å². The Bertz CT molecular complexity index is 708. The number of nitrogens with zero attached hydrogens (tertiary/aromatic N) is 3. The smallest absolute Gasteiger partial charge is 0.243 e. The van der Waals surface area contributed by atoms with Gasteiger partial charge in [0.05, 0.1) is 11.4 Å². The quantitative estimate of drug-likeness (QED) is 0.387.